The maximum Gasteiger partial charge on any atom is 0.219 e. The Bertz CT molecular complexity index is 978. The van der Waals surface area contributed by atoms with Gasteiger partial charge in [-0.3, -0.25) is 9.69 Å². The summed E-state index contributed by atoms with van der Waals surface area (Å²) in [6.45, 7) is 5.01. The number of benzene rings is 1. The molecule has 0 unspecified atom stereocenters. The van der Waals surface area contributed by atoms with Crippen LogP contribution >= 0.6 is 0 Å². The Labute approximate surface area is 195 Å². The molecule has 3 heterocycles. The fourth-order valence-corrected chi connectivity index (χ4v) is 5.44. The van der Waals surface area contributed by atoms with E-state index in [-0.39, 0.29) is 24.1 Å². The predicted octanol–water partition coefficient (Wildman–Crippen LogP) is 2.23. The Morgan fingerprint density at radius 2 is 1.91 bits per heavy atom. The number of nitrogens with one attached hydrogen (secondary N) is 1. The number of aliphatic hydroxyl groups is 1. The number of hydrogen-bond donors (Lipinski definition) is 2. The number of aromatic nitrogens is 2. The molecule has 1 aromatic carbocycles. The monoisotopic (exact) mass is 451 g/mol. The summed E-state index contributed by atoms with van der Waals surface area (Å²) in [5.74, 6) is 1.41. The fourth-order valence-electron chi connectivity index (χ4n) is 5.44. The van der Waals surface area contributed by atoms with Crippen LogP contribution in [0, 0.1) is 0 Å². The van der Waals surface area contributed by atoms with Crippen molar-refractivity contribution in [2.24, 2.45) is 0 Å². The first-order valence-corrected chi connectivity index (χ1v) is 12.0. The SMILES string of the molecule is CC(=O)N1CCC(Nc2cc(O[C@@H]3C[C@@H](O)[C@H](N4CCc5ccccc5C4)C3)ncn2)CC1. The van der Waals surface area contributed by atoms with Crippen LogP contribution < -0.4 is 10.1 Å². The third-order valence-corrected chi connectivity index (χ3v) is 7.30. The summed E-state index contributed by atoms with van der Waals surface area (Å²) in [6.07, 6.45) is 5.28. The molecular formula is C25H33N5O3. The van der Waals surface area contributed by atoms with Gasteiger partial charge in [-0.1, -0.05) is 24.3 Å². The average Bonchev–Trinajstić information content (AvgIpc) is 3.19. The fraction of sp³-hybridized carbons (Fsp3) is 0.560. The van der Waals surface area contributed by atoms with Crippen LogP contribution in [0.4, 0.5) is 5.82 Å². The molecule has 2 aliphatic heterocycles. The van der Waals surface area contributed by atoms with Crippen molar-refractivity contribution >= 4 is 11.7 Å². The number of anilines is 1. The van der Waals surface area contributed by atoms with Crippen LogP contribution in [-0.2, 0) is 17.8 Å². The number of carbonyl (C=O) groups excluding carboxylic acids is 1. The summed E-state index contributed by atoms with van der Waals surface area (Å²) in [6, 6.07) is 10.8. The normalized spacial score (nSPS) is 26.1. The summed E-state index contributed by atoms with van der Waals surface area (Å²) in [4.78, 5) is 24.5. The Kier molecular flexibility index (Phi) is 6.46. The van der Waals surface area contributed by atoms with E-state index >= 15 is 0 Å². The van der Waals surface area contributed by atoms with Crippen molar-refractivity contribution in [2.75, 3.05) is 25.0 Å². The number of carbonyl (C=O) groups is 1. The second kappa shape index (κ2) is 9.65. The van der Waals surface area contributed by atoms with E-state index in [0.29, 0.717) is 12.3 Å². The van der Waals surface area contributed by atoms with E-state index in [1.807, 2.05) is 11.0 Å². The first kappa shape index (κ1) is 22.1. The Morgan fingerprint density at radius 3 is 2.70 bits per heavy atom. The zero-order valence-corrected chi connectivity index (χ0v) is 19.2. The van der Waals surface area contributed by atoms with E-state index in [0.717, 1.165) is 57.7 Å². The minimum absolute atomic E-state index is 0.0660. The van der Waals surface area contributed by atoms with E-state index in [4.69, 9.17) is 4.74 Å². The van der Waals surface area contributed by atoms with Gasteiger partial charge in [-0.25, -0.2) is 9.97 Å². The molecule has 2 fully saturated rings. The van der Waals surface area contributed by atoms with E-state index in [9.17, 15) is 9.90 Å². The molecule has 1 aliphatic carbocycles. The lowest BCUT2D eigenvalue weighted by Crippen LogP contribution is -2.43. The maximum atomic E-state index is 11.5. The number of ether oxygens (including phenoxy) is 1. The average molecular weight is 452 g/mol. The van der Waals surface area contributed by atoms with Gasteiger partial charge in [0.05, 0.1) is 6.10 Å². The largest absolute Gasteiger partial charge is 0.474 e. The van der Waals surface area contributed by atoms with Gasteiger partial charge >= 0.3 is 0 Å². The predicted molar refractivity (Wildman–Crippen MR) is 125 cm³/mol. The molecule has 0 radical (unpaired) electrons. The summed E-state index contributed by atoms with van der Waals surface area (Å²) in [5, 5.41) is 14.2. The van der Waals surface area contributed by atoms with Crippen LogP contribution in [0.25, 0.3) is 0 Å². The molecule has 1 aromatic heterocycles. The van der Waals surface area contributed by atoms with Crippen LogP contribution in [0.1, 0.15) is 43.7 Å². The van der Waals surface area contributed by atoms with Gasteiger partial charge in [0.15, 0.2) is 0 Å². The molecule has 3 atom stereocenters. The summed E-state index contributed by atoms with van der Waals surface area (Å²) in [7, 11) is 0. The van der Waals surface area contributed by atoms with Gasteiger partial charge < -0.3 is 20.1 Å². The highest BCUT2D eigenvalue weighted by Gasteiger charge is 2.39. The maximum absolute atomic E-state index is 11.5. The van der Waals surface area contributed by atoms with Gasteiger partial charge in [-0.15, -0.1) is 0 Å². The Balaban J connectivity index is 1.16. The van der Waals surface area contributed by atoms with Gasteiger partial charge in [-0.2, -0.15) is 0 Å². The molecule has 1 saturated carbocycles. The highest BCUT2D eigenvalue weighted by atomic mass is 16.5. The third-order valence-electron chi connectivity index (χ3n) is 7.30. The van der Waals surface area contributed by atoms with E-state index in [2.05, 4.69) is 44.5 Å². The van der Waals surface area contributed by atoms with Crippen LogP contribution in [0.15, 0.2) is 36.7 Å². The van der Waals surface area contributed by atoms with Crippen LogP contribution in [0.2, 0.25) is 0 Å². The molecule has 0 spiro atoms. The summed E-state index contributed by atoms with van der Waals surface area (Å²) in [5.41, 5.74) is 2.78. The number of aliphatic hydroxyl groups excluding tert-OH is 1. The zero-order valence-electron chi connectivity index (χ0n) is 19.2. The minimum atomic E-state index is -0.397. The van der Waals surface area contributed by atoms with Crippen molar-refractivity contribution in [1.82, 2.24) is 19.8 Å². The second-order valence-electron chi connectivity index (χ2n) is 9.50. The third kappa shape index (κ3) is 5.12. The summed E-state index contributed by atoms with van der Waals surface area (Å²) < 4.78 is 6.18. The molecule has 0 bridgehead atoms. The molecule has 2 aromatic rings. The first-order valence-electron chi connectivity index (χ1n) is 12.0. The molecule has 5 rings (SSSR count). The minimum Gasteiger partial charge on any atom is -0.474 e. The number of rotatable bonds is 5. The van der Waals surface area contributed by atoms with Crippen molar-refractivity contribution in [1.29, 1.82) is 0 Å². The molecule has 8 heteroatoms. The molecule has 33 heavy (non-hydrogen) atoms. The second-order valence-corrected chi connectivity index (χ2v) is 9.50. The van der Waals surface area contributed by atoms with Gasteiger partial charge in [0.25, 0.3) is 0 Å². The van der Waals surface area contributed by atoms with Crippen LogP contribution in [0.3, 0.4) is 0 Å². The van der Waals surface area contributed by atoms with E-state index in [1.165, 1.54) is 17.5 Å². The highest BCUT2D eigenvalue weighted by molar-refractivity contribution is 5.73. The highest BCUT2D eigenvalue weighted by Crippen LogP contribution is 2.31. The number of fused-ring (bicyclic) bond motifs is 1. The van der Waals surface area contributed by atoms with Gasteiger partial charge in [0.2, 0.25) is 11.8 Å². The standard InChI is InChI=1S/C25H33N5O3/c1-17(31)29-10-7-20(8-11-29)28-24-14-25(27-16-26-24)33-21-12-22(23(32)13-21)30-9-6-18-4-2-3-5-19(18)15-30/h2-5,14,16,20-23,32H,6-13,15H2,1H3,(H,26,27,28)/t21-,22+,23+/m0/s1. The van der Waals surface area contributed by atoms with Crippen LogP contribution in [-0.4, -0.2) is 74.7 Å². The molecule has 1 saturated heterocycles. The number of nitrogens with zero attached hydrogens (tertiary/aromatic N) is 4. The lowest BCUT2D eigenvalue weighted by molar-refractivity contribution is -0.129. The van der Waals surface area contributed by atoms with E-state index < -0.39 is 6.10 Å². The lowest BCUT2D eigenvalue weighted by atomic mass is 9.98. The van der Waals surface area contributed by atoms with Crippen molar-refractivity contribution in [3.8, 4) is 5.88 Å². The molecule has 2 N–H and O–H groups in total. The Hall–Kier alpha value is -2.71. The Morgan fingerprint density at radius 1 is 1.12 bits per heavy atom. The van der Waals surface area contributed by atoms with Gasteiger partial charge in [0, 0.05) is 64.1 Å². The molecular weight excluding hydrogens is 418 g/mol. The molecule has 3 aliphatic rings. The number of likely N-dealkylation sites (tertiary alicyclic amines) is 1. The topological polar surface area (TPSA) is 90.8 Å². The zero-order chi connectivity index (χ0) is 22.8. The number of piperidine rings is 1. The van der Waals surface area contributed by atoms with Gasteiger partial charge in [0.1, 0.15) is 18.2 Å². The number of hydrogen-bond acceptors (Lipinski definition) is 7. The molecule has 8 nitrogen and oxygen atoms in total. The van der Waals surface area contributed by atoms with Crippen LogP contribution in [0.5, 0.6) is 5.88 Å². The quantitative estimate of drug-likeness (QED) is 0.720. The lowest BCUT2D eigenvalue weighted by Gasteiger charge is -2.35. The molecule has 176 valence electrons. The van der Waals surface area contributed by atoms with E-state index in [1.54, 1.807) is 6.92 Å². The summed E-state index contributed by atoms with van der Waals surface area (Å²) >= 11 is 0. The van der Waals surface area contributed by atoms with Gasteiger partial charge in [-0.05, 0) is 30.4 Å². The van der Waals surface area contributed by atoms with Crippen molar-refractivity contribution in [3.05, 3.63) is 47.8 Å². The van der Waals surface area contributed by atoms with Crippen molar-refractivity contribution < 1.29 is 14.6 Å². The molecule has 1 amide bonds. The smallest absolute Gasteiger partial charge is 0.219 e. The number of amides is 1. The van der Waals surface area contributed by atoms with Crippen molar-refractivity contribution in [2.45, 2.75) is 69.9 Å². The first-order chi connectivity index (χ1) is 16.0. The van der Waals surface area contributed by atoms with Crippen molar-refractivity contribution in [3.63, 3.8) is 0 Å².